The quantitative estimate of drug-likeness (QED) is 0.926. The first-order chi connectivity index (χ1) is 7.33. The molecule has 0 spiro atoms. The summed E-state index contributed by atoms with van der Waals surface area (Å²) in [5.74, 6) is -1.83. The molecule has 0 saturated carbocycles. The average Bonchev–Trinajstić information content (AvgIpc) is 2.19. The highest BCUT2D eigenvalue weighted by molar-refractivity contribution is 9.11. The van der Waals surface area contributed by atoms with E-state index < -0.39 is 26.6 Å². The second kappa shape index (κ2) is 5.03. The van der Waals surface area contributed by atoms with Crippen LogP contribution in [-0.4, -0.2) is 15.0 Å². The summed E-state index contributed by atoms with van der Waals surface area (Å²) in [6.45, 7) is 3.31. The lowest BCUT2D eigenvalue weighted by Gasteiger charge is -2.06. The number of rotatable bonds is 4. The van der Waals surface area contributed by atoms with Crippen molar-refractivity contribution in [3.05, 3.63) is 40.9 Å². The van der Waals surface area contributed by atoms with Crippen LogP contribution in [0.25, 0.3) is 0 Å². The zero-order valence-electron chi connectivity index (χ0n) is 8.00. The predicted molar refractivity (Wildman–Crippen MR) is 59.6 cm³/mol. The third-order valence-corrected chi connectivity index (χ3v) is 3.33. The van der Waals surface area contributed by atoms with E-state index in [4.69, 9.17) is 0 Å². The van der Waals surface area contributed by atoms with Gasteiger partial charge in [-0.05, 0) is 18.2 Å². The van der Waals surface area contributed by atoms with E-state index in [9.17, 15) is 17.2 Å². The van der Waals surface area contributed by atoms with Crippen molar-refractivity contribution < 1.29 is 17.2 Å². The molecule has 7 heteroatoms. The fourth-order valence-corrected chi connectivity index (χ4v) is 2.37. The van der Waals surface area contributed by atoms with Gasteiger partial charge < -0.3 is 0 Å². The molecular weight excluding hydrogens is 304 g/mol. The first kappa shape index (κ1) is 13.3. The van der Waals surface area contributed by atoms with Crippen LogP contribution in [0.15, 0.2) is 34.2 Å². The van der Waals surface area contributed by atoms with E-state index in [1.165, 1.54) is 0 Å². The Hall–Kier alpha value is -0.790. The molecule has 0 atom stereocenters. The fourth-order valence-electron chi connectivity index (χ4n) is 0.934. The fraction of sp³-hybridized carbons (Fsp3) is 0.111. The molecule has 0 bridgehead atoms. The highest BCUT2D eigenvalue weighted by Crippen LogP contribution is 2.15. The maximum Gasteiger partial charge on any atom is 0.243 e. The lowest BCUT2D eigenvalue weighted by Crippen LogP contribution is -2.25. The molecule has 16 heavy (non-hydrogen) atoms. The Bertz CT molecular complexity index is 516. The van der Waals surface area contributed by atoms with Gasteiger partial charge in [0.05, 0.1) is 0 Å². The van der Waals surface area contributed by atoms with E-state index in [0.29, 0.717) is 10.5 Å². The zero-order valence-corrected chi connectivity index (χ0v) is 10.4. The van der Waals surface area contributed by atoms with Crippen molar-refractivity contribution in [1.29, 1.82) is 0 Å². The SMILES string of the molecule is C=C(Br)CNS(=O)(=O)c1cc(F)ccc1F. The van der Waals surface area contributed by atoms with Gasteiger partial charge in [-0.3, -0.25) is 0 Å². The Balaban J connectivity index is 3.07. The van der Waals surface area contributed by atoms with Gasteiger partial charge in [-0.2, -0.15) is 0 Å². The van der Waals surface area contributed by atoms with E-state index >= 15 is 0 Å². The van der Waals surface area contributed by atoms with Gasteiger partial charge in [0.25, 0.3) is 0 Å². The highest BCUT2D eigenvalue weighted by atomic mass is 79.9. The van der Waals surface area contributed by atoms with E-state index in [0.717, 1.165) is 12.1 Å². The van der Waals surface area contributed by atoms with Crippen molar-refractivity contribution in [2.75, 3.05) is 6.54 Å². The molecule has 0 radical (unpaired) electrons. The van der Waals surface area contributed by atoms with Crippen molar-refractivity contribution in [2.24, 2.45) is 0 Å². The average molecular weight is 312 g/mol. The third-order valence-electron chi connectivity index (χ3n) is 1.64. The van der Waals surface area contributed by atoms with Crippen LogP contribution in [0.4, 0.5) is 8.78 Å². The molecule has 88 valence electrons. The summed E-state index contributed by atoms with van der Waals surface area (Å²) >= 11 is 2.94. The molecule has 0 aliphatic carbocycles. The number of halogens is 3. The van der Waals surface area contributed by atoms with Gasteiger partial charge in [-0.15, -0.1) is 0 Å². The molecule has 0 saturated heterocycles. The molecule has 1 aromatic carbocycles. The summed E-state index contributed by atoms with van der Waals surface area (Å²) in [6, 6.07) is 2.22. The smallest absolute Gasteiger partial charge is 0.207 e. The van der Waals surface area contributed by atoms with Crippen molar-refractivity contribution >= 4 is 26.0 Å². The topological polar surface area (TPSA) is 46.2 Å². The van der Waals surface area contributed by atoms with Gasteiger partial charge >= 0.3 is 0 Å². The second-order valence-corrected chi connectivity index (χ2v) is 5.77. The van der Waals surface area contributed by atoms with Crippen LogP contribution < -0.4 is 4.72 Å². The van der Waals surface area contributed by atoms with E-state index in [-0.39, 0.29) is 6.54 Å². The van der Waals surface area contributed by atoms with Crippen molar-refractivity contribution in [2.45, 2.75) is 4.90 Å². The molecule has 0 aliphatic rings. The number of benzene rings is 1. The largest absolute Gasteiger partial charge is 0.243 e. The Labute approximate surface area is 100 Å². The third kappa shape index (κ3) is 3.36. The Morgan fingerprint density at radius 2 is 2.06 bits per heavy atom. The van der Waals surface area contributed by atoms with Crippen LogP contribution in [0.5, 0.6) is 0 Å². The summed E-state index contributed by atoms with van der Waals surface area (Å²) in [6.07, 6.45) is 0. The number of sulfonamides is 1. The van der Waals surface area contributed by atoms with E-state index in [1.54, 1.807) is 0 Å². The van der Waals surface area contributed by atoms with Crippen LogP contribution in [0.3, 0.4) is 0 Å². The molecule has 0 aromatic heterocycles. The predicted octanol–water partition coefficient (Wildman–Crippen LogP) is 2.15. The molecule has 0 unspecified atom stereocenters. The molecule has 1 N–H and O–H groups in total. The Morgan fingerprint density at radius 3 is 2.62 bits per heavy atom. The van der Waals surface area contributed by atoms with Crippen LogP contribution in [0.2, 0.25) is 0 Å². The maximum atomic E-state index is 13.2. The summed E-state index contributed by atoms with van der Waals surface area (Å²) in [5, 5.41) is 0. The molecule has 0 fully saturated rings. The second-order valence-electron chi connectivity index (χ2n) is 2.92. The minimum absolute atomic E-state index is 0.0989. The van der Waals surface area contributed by atoms with Gasteiger partial charge in [-0.25, -0.2) is 21.9 Å². The Kier molecular flexibility index (Phi) is 4.17. The van der Waals surface area contributed by atoms with Gasteiger partial charge in [0.15, 0.2) is 0 Å². The molecule has 1 aromatic rings. The summed E-state index contributed by atoms with van der Waals surface area (Å²) in [7, 11) is -4.06. The Morgan fingerprint density at radius 1 is 1.44 bits per heavy atom. The molecular formula is C9H8BrF2NO2S. The number of hydrogen-bond donors (Lipinski definition) is 1. The van der Waals surface area contributed by atoms with Crippen LogP contribution in [0.1, 0.15) is 0 Å². The standard InChI is InChI=1S/C9H8BrF2NO2S/c1-6(10)5-13-16(14,15)9-4-7(11)2-3-8(9)12/h2-4,13H,1,5H2. The molecule has 3 nitrogen and oxygen atoms in total. The first-order valence-corrected chi connectivity index (χ1v) is 6.38. The van der Waals surface area contributed by atoms with Gasteiger partial charge in [0.2, 0.25) is 10.0 Å². The molecule has 0 aliphatic heterocycles. The normalized spacial score (nSPS) is 11.4. The van der Waals surface area contributed by atoms with E-state index in [1.807, 2.05) is 0 Å². The van der Waals surface area contributed by atoms with Crippen LogP contribution in [-0.2, 0) is 10.0 Å². The van der Waals surface area contributed by atoms with Gasteiger partial charge in [0.1, 0.15) is 16.5 Å². The van der Waals surface area contributed by atoms with Crippen molar-refractivity contribution in [1.82, 2.24) is 4.72 Å². The van der Waals surface area contributed by atoms with Crippen molar-refractivity contribution in [3.63, 3.8) is 0 Å². The van der Waals surface area contributed by atoms with E-state index in [2.05, 4.69) is 27.2 Å². The minimum Gasteiger partial charge on any atom is -0.207 e. The monoisotopic (exact) mass is 311 g/mol. The molecule has 0 heterocycles. The molecule has 0 amide bonds. The first-order valence-electron chi connectivity index (χ1n) is 4.11. The maximum absolute atomic E-state index is 13.2. The zero-order chi connectivity index (χ0) is 12.3. The number of hydrogen-bond acceptors (Lipinski definition) is 2. The number of nitrogens with one attached hydrogen (secondary N) is 1. The summed E-state index contributed by atoms with van der Waals surface area (Å²) in [5.41, 5.74) is 0. The van der Waals surface area contributed by atoms with Crippen LogP contribution in [0, 0.1) is 11.6 Å². The minimum atomic E-state index is -4.06. The van der Waals surface area contributed by atoms with Gasteiger partial charge in [-0.1, -0.05) is 22.5 Å². The summed E-state index contributed by atoms with van der Waals surface area (Å²) < 4.78 is 51.5. The lowest BCUT2D eigenvalue weighted by atomic mass is 10.3. The van der Waals surface area contributed by atoms with Gasteiger partial charge in [0, 0.05) is 11.0 Å². The van der Waals surface area contributed by atoms with Crippen LogP contribution >= 0.6 is 15.9 Å². The van der Waals surface area contributed by atoms with Crippen molar-refractivity contribution in [3.8, 4) is 0 Å². The highest BCUT2D eigenvalue weighted by Gasteiger charge is 2.19. The molecule has 1 rings (SSSR count). The lowest BCUT2D eigenvalue weighted by molar-refractivity contribution is 0.547. The summed E-state index contributed by atoms with van der Waals surface area (Å²) in [4.78, 5) is -0.721.